The quantitative estimate of drug-likeness (QED) is 0.608. The lowest BCUT2D eigenvalue weighted by molar-refractivity contribution is 0.144. The van der Waals surface area contributed by atoms with Crippen molar-refractivity contribution in [2.45, 2.75) is 43.6 Å². The van der Waals surface area contributed by atoms with Gasteiger partial charge in [-0.2, -0.15) is 5.26 Å². The second-order valence-corrected chi connectivity index (χ2v) is 6.53. The molecule has 5 nitrogen and oxygen atoms in total. The molecule has 24 heavy (non-hydrogen) atoms. The summed E-state index contributed by atoms with van der Waals surface area (Å²) < 4.78 is 10.1. The number of carbonyl (C=O) groups excluding carboxylic acids is 1. The number of thioether (sulfide) groups is 1. The van der Waals surface area contributed by atoms with E-state index in [0.717, 1.165) is 37.2 Å². The topological polar surface area (TPSA) is 71.3 Å². The predicted molar refractivity (Wildman–Crippen MR) is 97.2 cm³/mol. The first-order valence-corrected chi connectivity index (χ1v) is 9.29. The van der Waals surface area contributed by atoms with Crippen LogP contribution in [0.3, 0.4) is 0 Å². The summed E-state index contributed by atoms with van der Waals surface area (Å²) in [5.41, 5.74) is 1.17. The molecule has 6 heteroatoms. The number of carbonyl (C=O) groups is 1. The average Bonchev–Trinajstić information content (AvgIpc) is 2.61. The minimum Gasteiger partial charge on any atom is -0.497 e. The molecule has 1 N–H and O–H groups in total. The zero-order valence-corrected chi connectivity index (χ0v) is 15.2. The van der Waals surface area contributed by atoms with Gasteiger partial charge in [0.25, 0.3) is 0 Å². The van der Waals surface area contributed by atoms with E-state index in [2.05, 4.69) is 11.4 Å². The van der Waals surface area contributed by atoms with E-state index in [1.54, 1.807) is 18.9 Å². The molecular formula is C18H26N2O3S. The van der Waals surface area contributed by atoms with Gasteiger partial charge in [-0.1, -0.05) is 25.5 Å². The fourth-order valence-corrected chi connectivity index (χ4v) is 2.94. The maximum atomic E-state index is 11.4. The molecule has 0 aromatic heterocycles. The van der Waals surface area contributed by atoms with Gasteiger partial charge in [0.15, 0.2) is 0 Å². The van der Waals surface area contributed by atoms with Gasteiger partial charge in [0.05, 0.1) is 25.0 Å². The van der Waals surface area contributed by atoms with Crippen molar-refractivity contribution in [2.24, 2.45) is 0 Å². The summed E-state index contributed by atoms with van der Waals surface area (Å²) in [6.07, 6.45) is 3.01. The van der Waals surface area contributed by atoms with Gasteiger partial charge in [-0.05, 0) is 37.0 Å². The first kappa shape index (κ1) is 20.2. The van der Waals surface area contributed by atoms with Crippen LogP contribution in [0, 0.1) is 11.3 Å². The summed E-state index contributed by atoms with van der Waals surface area (Å²) >= 11 is 1.62. The van der Waals surface area contributed by atoms with E-state index in [9.17, 15) is 10.1 Å². The zero-order chi connectivity index (χ0) is 17.6. The predicted octanol–water partition coefficient (Wildman–Crippen LogP) is 4.13. The summed E-state index contributed by atoms with van der Waals surface area (Å²) in [5.74, 6) is 1.62. The molecule has 0 aliphatic heterocycles. The summed E-state index contributed by atoms with van der Waals surface area (Å²) in [6.45, 7) is 3.04. The molecule has 132 valence electrons. The van der Waals surface area contributed by atoms with Gasteiger partial charge < -0.3 is 14.8 Å². The van der Waals surface area contributed by atoms with Crippen LogP contribution in [0.4, 0.5) is 4.79 Å². The van der Waals surface area contributed by atoms with Crippen molar-refractivity contribution >= 4 is 17.9 Å². The molecule has 1 amide bonds. The lowest BCUT2D eigenvalue weighted by Crippen LogP contribution is -2.26. The van der Waals surface area contributed by atoms with Crippen LogP contribution in [0.2, 0.25) is 0 Å². The zero-order valence-electron chi connectivity index (χ0n) is 14.4. The number of rotatable bonds is 11. The molecule has 0 bridgehead atoms. The van der Waals surface area contributed by atoms with Crippen LogP contribution < -0.4 is 10.1 Å². The van der Waals surface area contributed by atoms with Crippen molar-refractivity contribution < 1.29 is 14.3 Å². The number of nitrogens with one attached hydrogen (secondary N) is 1. The molecule has 0 saturated heterocycles. The minimum absolute atomic E-state index is 0.0787. The highest BCUT2D eigenvalue weighted by Crippen LogP contribution is 2.22. The van der Waals surface area contributed by atoms with Gasteiger partial charge in [0, 0.05) is 12.3 Å². The van der Waals surface area contributed by atoms with Crippen LogP contribution in [-0.4, -0.2) is 31.6 Å². The molecule has 0 fully saturated rings. The Kier molecular flexibility index (Phi) is 10.5. The van der Waals surface area contributed by atoms with E-state index < -0.39 is 0 Å². The Hall–Kier alpha value is -1.87. The molecule has 1 rings (SSSR count). The molecular weight excluding hydrogens is 324 g/mol. The van der Waals surface area contributed by atoms with E-state index in [-0.39, 0.29) is 11.3 Å². The number of nitriles is 1. The van der Waals surface area contributed by atoms with E-state index in [1.165, 1.54) is 5.56 Å². The van der Waals surface area contributed by atoms with Gasteiger partial charge in [-0.3, -0.25) is 0 Å². The molecule has 0 aliphatic rings. The van der Waals surface area contributed by atoms with Crippen molar-refractivity contribution in [3.8, 4) is 11.8 Å². The number of alkyl carbamates (subject to hydrolysis) is 1. The molecule has 0 aliphatic carbocycles. The van der Waals surface area contributed by atoms with Crippen LogP contribution in [0.5, 0.6) is 5.75 Å². The summed E-state index contributed by atoms with van der Waals surface area (Å²) in [6, 6.07) is 10.2. The number of nitrogens with zero attached hydrogens (tertiary/aromatic N) is 1. The number of hydrogen-bond donors (Lipinski definition) is 1. The van der Waals surface area contributed by atoms with Gasteiger partial charge in [-0.15, -0.1) is 11.8 Å². The van der Waals surface area contributed by atoms with Crippen LogP contribution in [0.15, 0.2) is 24.3 Å². The molecule has 0 spiro atoms. The van der Waals surface area contributed by atoms with Crippen LogP contribution in [0.1, 0.15) is 38.2 Å². The van der Waals surface area contributed by atoms with Crippen molar-refractivity contribution in [1.82, 2.24) is 5.32 Å². The highest BCUT2D eigenvalue weighted by atomic mass is 32.2. The van der Waals surface area contributed by atoms with Gasteiger partial charge >= 0.3 is 6.09 Å². The van der Waals surface area contributed by atoms with Crippen molar-refractivity contribution in [3.05, 3.63) is 29.8 Å². The van der Waals surface area contributed by atoms with Crippen molar-refractivity contribution in [1.29, 1.82) is 5.26 Å². The Bertz CT molecular complexity index is 514. The largest absolute Gasteiger partial charge is 0.497 e. The maximum Gasteiger partial charge on any atom is 0.407 e. The van der Waals surface area contributed by atoms with Crippen LogP contribution >= 0.6 is 11.8 Å². The number of amides is 1. The van der Waals surface area contributed by atoms with Crippen molar-refractivity contribution in [3.63, 3.8) is 0 Å². The Morgan fingerprint density at radius 2 is 2.08 bits per heavy atom. The van der Waals surface area contributed by atoms with E-state index in [0.29, 0.717) is 13.2 Å². The third kappa shape index (κ3) is 8.68. The van der Waals surface area contributed by atoms with E-state index in [4.69, 9.17) is 9.47 Å². The summed E-state index contributed by atoms with van der Waals surface area (Å²) in [7, 11) is 1.64. The number of benzene rings is 1. The SMILES string of the molecule is CCCCOC(=O)NCCCC(C#N)SCc1ccc(OC)cc1. The van der Waals surface area contributed by atoms with Crippen LogP contribution in [-0.2, 0) is 10.5 Å². The second-order valence-electron chi connectivity index (χ2n) is 5.34. The maximum absolute atomic E-state index is 11.4. The molecule has 1 aromatic carbocycles. The highest BCUT2D eigenvalue weighted by molar-refractivity contribution is 7.99. The average molecular weight is 350 g/mol. The molecule has 0 radical (unpaired) electrons. The lowest BCUT2D eigenvalue weighted by Gasteiger charge is -2.10. The Morgan fingerprint density at radius 3 is 2.71 bits per heavy atom. The standard InChI is InChI=1S/C18H26N2O3S/c1-3-4-12-23-18(21)20-11-5-6-17(13-19)24-14-15-7-9-16(22-2)10-8-15/h7-10,17H,3-6,11-12,14H2,1-2H3,(H,20,21). The van der Waals surface area contributed by atoms with Gasteiger partial charge in [0.1, 0.15) is 5.75 Å². The number of methoxy groups -OCH3 is 1. The molecule has 0 saturated carbocycles. The fourth-order valence-electron chi connectivity index (χ4n) is 1.94. The smallest absolute Gasteiger partial charge is 0.407 e. The highest BCUT2D eigenvalue weighted by Gasteiger charge is 2.09. The third-order valence-corrected chi connectivity index (χ3v) is 4.64. The summed E-state index contributed by atoms with van der Waals surface area (Å²) in [4.78, 5) is 11.4. The fraction of sp³-hybridized carbons (Fsp3) is 0.556. The van der Waals surface area contributed by atoms with E-state index >= 15 is 0 Å². The Labute approximate surface area is 148 Å². The molecule has 0 heterocycles. The van der Waals surface area contributed by atoms with Gasteiger partial charge in [0.2, 0.25) is 0 Å². The van der Waals surface area contributed by atoms with Crippen LogP contribution in [0.25, 0.3) is 0 Å². The van der Waals surface area contributed by atoms with E-state index in [1.807, 2.05) is 31.2 Å². The van der Waals surface area contributed by atoms with Crippen molar-refractivity contribution in [2.75, 3.05) is 20.3 Å². The Morgan fingerprint density at radius 1 is 1.33 bits per heavy atom. The Balaban J connectivity index is 2.18. The summed E-state index contributed by atoms with van der Waals surface area (Å²) in [5, 5.41) is 11.9. The lowest BCUT2D eigenvalue weighted by atomic mass is 10.2. The first-order chi connectivity index (χ1) is 11.7. The monoisotopic (exact) mass is 350 g/mol. The first-order valence-electron chi connectivity index (χ1n) is 8.24. The third-order valence-electron chi connectivity index (χ3n) is 3.40. The normalized spacial score (nSPS) is 11.4. The molecule has 1 unspecified atom stereocenters. The number of unbranched alkanes of at least 4 members (excludes halogenated alkanes) is 1. The molecule has 1 aromatic rings. The molecule has 1 atom stereocenters. The second kappa shape index (κ2) is 12.5. The minimum atomic E-state index is -0.372. The number of ether oxygens (including phenoxy) is 2. The van der Waals surface area contributed by atoms with Gasteiger partial charge in [-0.25, -0.2) is 4.79 Å². The number of hydrogen-bond acceptors (Lipinski definition) is 5.